The van der Waals surface area contributed by atoms with Crippen molar-refractivity contribution in [1.82, 2.24) is 25.1 Å². The number of fused-ring (bicyclic) bond motifs is 2. The van der Waals surface area contributed by atoms with Crippen LogP contribution in [0.2, 0.25) is 0 Å². The Bertz CT molecular complexity index is 1510. The maximum Gasteiger partial charge on any atom is 0.159 e. The summed E-state index contributed by atoms with van der Waals surface area (Å²) in [6.45, 7) is 2.08. The number of hydrogen-bond acceptors (Lipinski definition) is 3. The number of rotatable bonds is 3. The van der Waals surface area contributed by atoms with Crippen LogP contribution < -0.4 is 0 Å². The molecular formula is C26H20FN5. The van der Waals surface area contributed by atoms with Gasteiger partial charge in [0.25, 0.3) is 0 Å². The van der Waals surface area contributed by atoms with E-state index in [2.05, 4.69) is 45.3 Å². The van der Waals surface area contributed by atoms with Crippen LogP contribution in [0.15, 0.2) is 67.0 Å². The minimum Gasteiger partial charge on any atom is -0.340 e. The fourth-order valence-corrected chi connectivity index (χ4v) is 4.42. The summed E-state index contributed by atoms with van der Waals surface area (Å²) >= 11 is 0. The summed E-state index contributed by atoms with van der Waals surface area (Å²) in [6, 6.07) is 14.9. The Kier molecular flexibility index (Phi) is 4.24. The second-order valence-electron chi connectivity index (χ2n) is 8.10. The SMILES string of the molecule is Cc1ccncc1-c1ccc2[nH]nc(-c3nc4c([nH]3)CCC=C4c3cccc(F)c3)c2c1. The molecule has 2 aromatic carbocycles. The normalized spacial score (nSPS) is 13.2. The third-order valence-corrected chi connectivity index (χ3v) is 6.05. The molecule has 0 bridgehead atoms. The van der Waals surface area contributed by atoms with Crippen LogP contribution in [0.5, 0.6) is 0 Å². The van der Waals surface area contributed by atoms with Crippen molar-refractivity contribution in [2.24, 2.45) is 0 Å². The second-order valence-corrected chi connectivity index (χ2v) is 8.10. The van der Waals surface area contributed by atoms with Gasteiger partial charge in [-0.15, -0.1) is 0 Å². The highest BCUT2D eigenvalue weighted by Gasteiger charge is 2.22. The van der Waals surface area contributed by atoms with Crippen molar-refractivity contribution < 1.29 is 4.39 Å². The van der Waals surface area contributed by atoms with Crippen LogP contribution in [0.1, 0.15) is 28.9 Å². The highest BCUT2D eigenvalue weighted by atomic mass is 19.1. The van der Waals surface area contributed by atoms with E-state index in [4.69, 9.17) is 4.98 Å². The molecular weight excluding hydrogens is 401 g/mol. The minimum absolute atomic E-state index is 0.247. The first-order chi connectivity index (χ1) is 15.7. The van der Waals surface area contributed by atoms with Crippen molar-refractivity contribution >= 4 is 16.5 Å². The van der Waals surface area contributed by atoms with Gasteiger partial charge in [0.1, 0.15) is 11.5 Å². The van der Waals surface area contributed by atoms with Gasteiger partial charge in [-0.1, -0.05) is 24.3 Å². The van der Waals surface area contributed by atoms with Crippen LogP contribution >= 0.6 is 0 Å². The fraction of sp³-hybridized carbons (Fsp3) is 0.115. The Hall–Kier alpha value is -4.06. The molecule has 2 N–H and O–H groups in total. The van der Waals surface area contributed by atoms with E-state index < -0.39 is 0 Å². The molecule has 0 fully saturated rings. The van der Waals surface area contributed by atoms with E-state index in [0.717, 1.165) is 63.1 Å². The number of imidazole rings is 1. The van der Waals surface area contributed by atoms with Crippen LogP contribution in [-0.4, -0.2) is 25.1 Å². The van der Waals surface area contributed by atoms with E-state index in [9.17, 15) is 4.39 Å². The second kappa shape index (κ2) is 7.27. The predicted octanol–water partition coefficient (Wildman–Crippen LogP) is 5.84. The van der Waals surface area contributed by atoms with Gasteiger partial charge in [-0.25, -0.2) is 9.37 Å². The molecule has 156 valence electrons. The molecule has 32 heavy (non-hydrogen) atoms. The molecule has 0 saturated heterocycles. The monoisotopic (exact) mass is 421 g/mol. The van der Waals surface area contributed by atoms with Gasteiger partial charge in [0.2, 0.25) is 0 Å². The Morgan fingerprint density at radius 3 is 2.81 bits per heavy atom. The van der Waals surface area contributed by atoms with Gasteiger partial charge < -0.3 is 4.98 Å². The van der Waals surface area contributed by atoms with Gasteiger partial charge in [0, 0.05) is 34.6 Å². The third kappa shape index (κ3) is 3.03. The molecule has 3 heterocycles. The number of H-pyrrole nitrogens is 2. The number of aryl methyl sites for hydroxylation is 2. The molecule has 0 atom stereocenters. The van der Waals surface area contributed by atoms with E-state index in [1.165, 1.54) is 11.6 Å². The van der Waals surface area contributed by atoms with E-state index in [0.29, 0.717) is 5.82 Å². The standard InChI is InChI=1S/C26H20FN5/c1-15-10-11-28-14-21(15)17-8-9-22-20(13-17)25(32-31-22)26-29-23-7-3-6-19(24(23)30-26)16-4-2-5-18(27)12-16/h2,4-6,8-14H,3,7H2,1H3,(H,29,30)(H,31,32). The van der Waals surface area contributed by atoms with Gasteiger partial charge in [-0.3, -0.25) is 10.1 Å². The largest absolute Gasteiger partial charge is 0.340 e. The van der Waals surface area contributed by atoms with Crippen LogP contribution in [0, 0.1) is 12.7 Å². The first-order valence-electron chi connectivity index (χ1n) is 10.6. The Morgan fingerprint density at radius 2 is 1.94 bits per heavy atom. The smallest absolute Gasteiger partial charge is 0.159 e. The first kappa shape index (κ1) is 18.7. The fourth-order valence-electron chi connectivity index (χ4n) is 4.42. The molecule has 5 nitrogen and oxygen atoms in total. The average Bonchev–Trinajstić information content (AvgIpc) is 3.42. The number of halogens is 1. The number of nitrogens with zero attached hydrogens (tertiary/aromatic N) is 3. The number of nitrogens with one attached hydrogen (secondary N) is 2. The molecule has 0 amide bonds. The lowest BCUT2D eigenvalue weighted by Gasteiger charge is -2.12. The highest BCUT2D eigenvalue weighted by Crippen LogP contribution is 2.35. The molecule has 0 aliphatic heterocycles. The Labute approximate surface area is 184 Å². The summed E-state index contributed by atoms with van der Waals surface area (Å²) in [4.78, 5) is 12.7. The molecule has 1 aliphatic carbocycles. The van der Waals surface area contributed by atoms with Crippen molar-refractivity contribution in [3.05, 3.63) is 95.3 Å². The lowest BCUT2D eigenvalue weighted by molar-refractivity contribution is 0.627. The zero-order chi connectivity index (χ0) is 21.7. The summed E-state index contributed by atoms with van der Waals surface area (Å²) < 4.78 is 13.8. The lowest BCUT2D eigenvalue weighted by Crippen LogP contribution is -2.00. The van der Waals surface area contributed by atoms with Crippen LogP contribution in [0.25, 0.3) is 39.1 Å². The van der Waals surface area contributed by atoms with Gasteiger partial charge in [-0.2, -0.15) is 5.10 Å². The van der Waals surface area contributed by atoms with Gasteiger partial charge in [-0.05, 0) is 66.8 Å². The number of hydrogen-bond donors (Lipinski definition) is 2. The van der Waals surface area contributed by atoms with E-state index >= 15 is 0 Å². The van der Waals surface area contributed by atoms with Crippen molar-refractivity contribution in [3.63, 3.8) is 0 Å². The maximum atomic E-state index is 13.8. The molecule has 5 aromatic rings. The highest BCUT2D eigenvalue weighted by molar-refractivity contribution is 5.95. The van der Waals surface area contributed by atoms with Gasteiger partial charge >= 0.3 is 0 Å². The number of benzene rings is 2. The van der Waals surface area contributed by atoms with Crippen molar-refractivity contribution in [3.8, 4) is 22.6 Å². The third-order valence-electron chi connectivity index (χ3n) is 6.05. The summed E-state index contributed by atoms with van der Waals surface area (Å²) in [6.07, 6.45) is 7.57. The number of aromatic amines is 2. The Morgan fingerprint density at radius 1 is 1.00 bits per heavy atom. The molecule has 6 heteroatoms. The summed E-state index contributed by atoms with van der Waals surface area (Å²) in [5.74, 6) is 0.466. The van der Waals surface area contributed by atoms with Crippen LogP contribution in [0.4, 0.5) is 4.39 Å². The zero-order valence-electron chi connectivity index (χ0n) is 17.5. The topological polar surface area (TPSA) is 70.2 Å². The van der Waals surface area contributed by atoms with Crippen molar-refractivity contribution in [2.45, 2.75) is 19.8 Å². The minimum atomic E-state index is -0.247. The predicted molar refractivity (Wildman–Crippen MR) is 123 cm³/mol. The summed E-state index contributed by atoms with van der Waals surface area (Å²) in [7, 11) is 0. The molecule has 0 saturated carbocycles. The molecule has 0 spiro atoms. The molecule has 6 rings (SSSR count). The number of pyridine rings is 1. The van der Waals surface area contributed by atoms with Crippen LogP contribution in [-0.2, 0) is 6.42 Å². The van der Waals surface area contributed by atoms with Gasteiger partial charge in [0.05, 0.1) is 11.2 Å². The van der Waals surface area contributed by atoms with Crippen molar-refractivity contribution in [1.29, 1.82) is 0 Å². The molecule has 0 unspecified atom stereocenters. The molecule has 0 radical (unpaired) electrons. The maximum absolute atomic E-state index is 13.8. The molecule has 3 aromatic heterocycles. The van der Waals surface area contributed by atoms with E-state index in [-0.39, 0.29) is 5.82 Å². The summed E-state index contributed by atoms with van der Waals surface area (Å²) in [5, 5.41) is 8.68. The van der Waals surface area contributed by atoms with Gasteiger partial charge in [0.15, 0.2) is 5.82 Å². The molecule has 1 aliphatic rings. The van der Waals surface area contributed by atoms with E-state index in [1.54, 1.807) is 18.3 Å². The van der Waals surface area contributed by atoms with Crippen LogP contribution in [0.3, 0.4) is 0 Å². The Balaban J connectivity index is 1.46. The lowest BCUT2D eigenvalue weighted by atomic mass is 9.94. The first-order valence-corrected chi connectivity index (χ1v) is 10.6. The van der Waals surface area contributed by atoms with Crippen molar-refractivity contribution in [2.75, 3.05) is 0 Å². The summed E-state index contributed by atoms with van der Waals surface area (Å²) in [5.41, 5.74) is 8.79. The van der Waals surface area contributed by atoms with E-state index in [1.807, 2.05) is 24.4 Å². The zero-order valence-corrected chi connectivity index (χ0v) is 17.5. The quantitative estimate of drug-likeness (QED) is 0.384. The number of allylic oxidation sites excluding steroid dienone is 1. The number of aromatic nitrogens is 5. The average molecular weight is 421 g/mol.